The van der Waals surface area contributed by atoms with Crippen molar-refractivity contribution in [2.45, 2.75) is 11.4 Å². The van der Waals surface area contributed by atoms with E-state index in [9.17, 15) is 13.2 Å². The van der Waals surface area contributed by atoms with E-state index in [1.54, 1.807) is 0 Å². The summed E-state index contributed by atoms with van der Waals surface area (Å²) in [6, 6.07) is 2.44. The summed E-state index contributed by atoms with van der Waals surface area (Å²) in [7, 11) is -3.65. The summed E-state index contributed by atoms with van der Waals surface area (Å²) in [4.78, 5) is 14.3. The van der Waals surface area contributed by atoms with Crippen LogP contribution < -0.4 is 4.72 Å². The van der Waals surface area contributed by atoms with E-state index in [2.05, 4.69) is 9.71 Å². The first-order chi connectivity index (χ1) is 8.99. The summed E-state index contributed by atoms with van der Waals surface area (Å²) in [6.07, 6.45) is 2.06. The Labute approximate surface area is 115 Å². The molecule has 0 bridgehead atoms. The van der Waals surface area contributed by atoms with Gasteiger partial charge >= 0.3 is 5.97 Å². The van der Waals surface area contributed by atoms with Gasteiger partial charge in [0, 0.05) is 12.7 Å². The van der Waals surface area contributed by atoms with Gasteiger partial charge in [0.2, 0.25) is 0 Å². The molecule has 8 heteroatoms. The van der Waals surface area contributed by atoms with Crippen molar-refractivity contribution in [1.82, 2.24) is 9.71 Å². The van der Waals surface area contributed by atoms with E-state index in [-0.39, 0.29) is 10.6 Å². The molecule has 0 aromatic carbocycles. The molecule has 1 aliphatic heterocycles. The fourth-order valence-corrected chi connectivity index (χ4v) is 4.04. The van der Waals surface area contributed by atoms with Gasteiger partial charge in [0.1, 0.15) is 0 Å². The van der Waals surface area contributed by atoms with Crippen molar-refractivity contribution >= 4 is 27.8 Å². The van der Waals surface area contributed by atoms with Gasteiger partial charge in [0.25, 0.3) is 10.0 Å². The van der Waals surface area contributed by atoms with Crippen molar-refractivity contribution in [2.24, 2.45) is 5.92 Å². The molecule has 2 N–H and O–H groups in total. The topological polar surface area (TPSA) is 96.4 Å². The minimum Gasteiger partial charge on any atom is -0.478 e. The van der Waals surface area contributed by atoms with Gasteiger partial charge in [-0.15, -0.1) is 0 Å². The van der Waals surface area contributed by atoms with Crippen molar-refractivity contribution in [3.8, 4) is 0 Å². The molecule has 0 spiro atoms. The maximum absolute atomic E-state index is 11.9. The molecule has 1 atom stereocenters. The summed E-state index contributed by atoms with van der Waals surface area (Å²) >= 11 is 1.82. The average Bonchev–Trinajstić information content (AvgIpc) is 2.90. The lowest BCUT2D eigenvalue weighted by Crippen LogP contribution is -2.30. The molecule has 1 fully saturated rings. The lowest BCUT2D eigenvalue weighted by atomic mass is 10.1. The number of hydrogen-bond donors (Lipinski definition) is 2. The normalized spacial score (nSPS) is 19.5. The zero-order chi connectivity index (χ0) is 13.9. The Morgan fingerprint density at radius 1 is 1.53 bits per heavy atom. The number of nitrogens with zero attached hydrogens (tertiary/aromatic N) is 1. The molecular formula is C11H14N2O4S2. The van der Waals surface area contributed by atoms with E-state index in [1.807, 2.05) is 11.8 Å². The van der Waals surface area contributed by atoms with Gasteiger partial charge in [-0.3, -0.25) is 0 Å². The molecule has 1 saturated heterocycles. The molecule has 2 rings (SSSR count). The van der Waals surface area contributed by atoms with Gasteiger partial charge in [0.15, 0.2) is 5.03 Å². The number of pyridine rings is 1. The molecule has 1 unspecified atom stereocenters. The van der Waals surface area contributed by atoms with Gasteiger partial charge in [-0.05, 0) is 36.0 Å². The van der Waals surface area contributed by atoms with Crippen LogP contribution in [0.5, 0.6) is 0 Å². The van der Waals surface area contributed by atoms with Crippen LogP contribution in [-0.2, 0) is 10.0 Å². The monoisotopic (exact) mass is 302 g/mol. The molecule has 2 heterocycles. The lowest BCUT2D eigenvalue weighted by molar-refractivity contribution is 0.0696. The van der Waals surface area contributed by atoms with Crippen LogP contribution in [0.4, 0.5) is 0 Å². The molecule has 0 radical (unpaired) electrons. The predicted octanol–water partition coefficient (Wildman–Crippen LogP) is 0.811. The standard InChI is InChI=1S/C11H14N2O4S2/c14-11(15)9-1-2-10(12-6-9)19(16,17)13-5-8-3-4-18-7-8/h1-2,6,8,13H,3-5,7H2,(H,14,15). The number of sulfonamides is 1. The van der Waals surface area contributed by atoms with Crippen LogP contribution in [0.2, 0.25) is 0 Å². The van der Waals surface area contributed by atoms with Crippen molar-refractivity contribution in [1.29, 1.82) is 0 Å². The van der Waals surface area contributed by atoms with Crippen molar-refractivity contribution < 1.29 is 18.3 Å². The highest BCUT2D eigenvalue weighted by molar-refractivity contribution is 7.99. The molecule has 1 aliphatic rings. The van der Waals surface area contributed by atoms with Gasteiger partial charge in [-0.1, -0.05) is 0 Å². The van der Waals surface area contributed by atoms with E-state index >= 15 is 0 Å². The fourth-order valence-electron chi connectivity index (χ4n) is 1.71. The van der Waals surface area contributed by atoms with Crippen LogP contribution in [0.3, 0.4) is 0 Å². The van der Waals surface area contributed by atoms with Crippen LogP contribution in [0, 0.1) is 5.92 Å². The van der Waals surface area contributed by atoms with Gasteiger partial charge in [0.05, 0.1) is 5.56 Å². The second-order valence-electron chi connectivity index (χ2n) is 4.27. The first kappa shape index (κ1) is 14.3. The number of carboxylic acids is 1. The summed E-state index contributed by atoms with van der Waals surface area (Å²) in [6.45, 7) is 0.400. The van der Waals surface area contributed by atoms with Crippen LogP contribution in [-0.4, -0.2) is 42.5 Å². The molecule has 6 nitrogen and oxygen atoms in total. The highest BCUT2D eigenvalue weighted by Gasteiger charge is 2.21. The predicted molar refractivity (Wildman–Crippen MR) is 71.8 cm³/mol. The Bertz CT molecular complexity index is 551. The van der Waals surface area contributed by atoms with E-state index in [0.29, 0.717) is 12.5 Å². The number of aromatic carboxylic acids is 1. The van der Waals surface area contributed by atoms with Gasteiger partial charge in [-0.25, -0.2) is 22.9 Å². The molecule has 1 aromatic heterocycles. The average molecular weight is 302 g/mol. The number of carboxylic acid groups (broad SMARTS) is 1. The molecule has 1 aromatic rings. The van der Waals surface area contributed by atoms with Crippen LogP contribution in [0.1, 0.15) is 16.8 Å². The quantitative estimate of drug-likeness (QED) is 0.835. The van der Waals surface area contributed by atoms with Crippen molar-refractivity contribution in [3.63, 3.8) is 0 Å². The zero-order valence-electron chi connectivity index (χ0n) is 10.1. The Kier molecular flexibility index (Phi) is 4.43. The highest BCUT2D eigenvalue weighted by atomic mass is 32.2. The Morgan fingerprint density at radius 3 is 2.84 bits per heavy atom. The van der Waals surface area contributed by atoms with E-state index in [0.717, 1.165) is 24.1 Å². The van der Waals surface area contributed by atoms with E-state index in [1.165, 1.54) is 12.1 Å². The lowest BCUT2D eigenvalue weighted by Gasteiger charge is -2.10. The summed E-state index contributed by atoms with van der Waals surface area (Å²) in [5, 5.41) is 8.57. The number of thioether (sulfide) groups is 1. The third-order valence-corrected chi connectivity index (χ3v) is 5.41. The highest BCUT2D eigenvalue weighted by Crippen LogP contribution is 2.22. The number of hydrogen-bond acceptors (Lipinski definition) is 5. The third-order valence-electron chi connectivity index (χ3n) is 2.84. The summed E-state index contributed by atoms with van der Waals surface area (Å²) in [5.74, 6) is 1.26. The molecular weight excluding hydrogens is 288 g/mol. The number of aromatic nitrogens is 1. The maximum Gasteiger partial charge on any atom is 0.337 e. The zero-order valence-corrected chi connectivity index (χ0v) is 11.7. The van der Waals surface area contributed by atoms with Gasteiger partial charge in [-0.2, -0.15) is 11.8 Å². The summed E-state index contributed by atoms with van der Waals surface area (Å²) in [5.41, 5.74) is -0.0360. The van der Waals surface area contributed by atoms with Crippen LogP contribution in [0.25, 0.3) is 0 Å². The van der Waals surface area contributed by atoms with Gasteiger partial charge < -0.3 is 5.11 Å². The Morgan fingerprint density at radius 2 is 2.32 bits per heavy atom. The molecule has 0 saturated carbocycles. The maximum atomic E-state index is 11.9. The Balaban J connectivity index is 2.03. The largest absolute Gasteiger partial charge is 0.478 e. The third kappa shape index (κ3) is 3.68. The second-order valence-corrected chi connectivity index (χ2v) is 7.14. The first-order valence-electron chi connectivity index (χ1n) is 5.76. The molecule has 104 valence electrons. The number of rotatable bonds is 5. The molecule has 0 amide bonds. The molecule has 19 heavy (non-hydrogen) atoms. The summed E-state index contributed by atoms with van der Waals surface area (Å²) < 4.78 is 26.4. The minimum atomic E-state index is -3.65. The van der Waals surface area contributed by atoms with Crippen molar-refractivity contribution in [3.05, 3.63) is 23.9 Å². The number of carbonyl (C=O) groups is 1. The number of nitrogens with one attached hydrogen (secondary N) is 1. The van der Waals surface area contributed by atoms with Crippen molar-refractivity contribution in [2.75, 3.05) is 18.1 Å². The van der Waals surface area contributed by atoms with E-state index in [4.69, 9.17) is 5.11 Å². The SMILES string of the molecule is O=C(O)c1ccc(S(=O)(=O)NCC2CCSC2)nc1. The first-order valence-corrected chi connectivity index (χ1v) is 8.39. The smallest absolute Gasteiger partial charge is 0.337 e. The Hall–Kier alpha value is -1.12. The second kappa shape index (κ2) is 5.89. The molecule has 0 aliphatic carbocycles. The minimum absolute atomic E-state index is 0.0360. The van der Waals surface area contributed by atoms with Crippen LogP contribution >= 0.6 is 11.8 Å². The van der Waals surface area contributed by atoms with Crippen LogP contribution in [0.15, 0.2) is 23.4 Å². The van der Waals surface area contributed by atoms with E-state index < -0.39 is 16.0 Å². The fraction of sp³-hybridized carbons (Fsp3) is 0.455.